The lowest BCUT2D eigenvalue weighted by Crippen LogP contribution is -2.23. The van der Waals surface area contributed by atoms with Crippen molar-refractivity contribution in [3.63, 3.8) is 0 Å². The van der Waals surface area contributed by atoms with E-state index in [9.17, 15) is 4.79 Å². The van der Waals surface area contributed by atoms with Gasteiger partial charge in [-0.3, -0.25) is 4.79 Å². The Morgan fingerprint density at radius 1 is 1.03 bits per heavy atom. The maximum absolute atomic E-state index is 13.0. The van der Waals surface area contributed by atoms with Crippen LogP contribution in [0.1, 0.15) is 16.1 Å². The maximum atomic E-state index is 13.0. The van der Waals surface area contributed by atoms with Crippen molar-refractivity contribution in [3.8, 4) is 11.4 Å². The summed E-state index contributed by atoms with van der Waals surface area (Å²) in [5.41, 5.74) is 4.09. The number of rotatable bonds is 4. The van der Waals surface area contributed by atoms with E-state index in [0.717, 1.165) is 28.4 Å². The molecule has 6 nitrogen and oxygen atoms in total. The van der Waals surface area contributed by atoms with Gasteiger partial charge in [-0.25, -0.2) is 9.97 Å². The summed E-state index contributed by atoms with van der Waals surface area (Å²) < 4.78 is 1.97. The first-order chi connectivity index (χ1) is 14.3. The smallest absolute Gasteiger partial charge is 0.272 e. The summed E-state index contributed by atoms with van der Waals surface area (Å²) in [7, 11) is 9.47. The summed E-state index contributed by atoms with van der Waals surface area (Å²) >= 11 is 6.22. The SMILES string of the molecule is CN(C)Cc1ccc(-c2nc(C(=O)N(C)C)c3c4ccc(Cl)cc4n(C)c3n2)cc1. The minimum Gasteiger partial charge on any atom is -0.343 e. The Balaban J connectivity index is 1.97. The molecule has 0 fully saturated rings. The van der Waals surface area contributed by atoms with Crippen LogP contribution in [0.4, 0.5) is 0 Å². The molecule has 0 bridgehead atoms. The van der Waals surface area contributed by atoms with Crippen LogP contribution in [-0.4, -0.2) is 58.4 Å². The van der Waals surface area contributed by atoms with Crippen molar-refractivity contribution in [2.24, 2.45) is 7.05 Å². The molecule has 2 heterocycles. The number of benzene rings is 2. The summed E-state index contributed by atoms with van der Waals surface area (Å²) in [4.78, 5) is 26.2. The molecule has 4 rings (SSSR count). The van der Waals surface area contributed by atoms with Crippen LogP contribution in [-0.2, 0) is 13.6 Å². The van der Waals surface area contributed by atoms with Gasteiger partial charge in [0.25, 0.3) is 5.91 Å². The minimum absolute atomic E-state index is 0.157. The van der Waals surface area contributed by atoms with E-state index in [1.54, 1.807) is 19.0 Å². The molecule has 4 aromatic rings. The lowest BCUT2D eigenvalue weighted by molar-refractivity contribution is 0.0824. The van der Waals surface area contributed by atoms with E-state index < -0.39 is 0 Å². The predicted octanol–water partition coefficient (Wildman–Crippen LogP) is 4.21. The molecular formula is C23H24ClN5O. The third-order valence-corrected chi connectivity index (χ3v) is 5.35. The first kappa shape index (κ1) is 20.3. The zero-order valence-corrected chi connectivity index (χ0v) is 18.5. The number of nitrogens with zero attached hydrogens (tertiary/aromatic N) is 5. The molecule has 0 unspecified atom stereocenters. The second kappa shape index (κ2) is 7.70. The van der Waals surface area contributed by atoms with Crippen molar-refractivity contribution in [1.29, 1.82) is 0 Å². The first-order valence-electron chi connectivity index (χ1n) is 9.67. The Hall–Kier alpha value is -2.96. The minimum atomic E-state index is -0.157. The van der Waals surface area contributed by atoms with Crippen LogP contribution < -0.4 is 0 Å². The van der Waals surface area contributed by atoms with Crippen molar-refractivity contribution in [1.82, 2.24) is 24.3 Å². The largest absolute Gasteiger partial charge is 0.343 e. The van der Waals surface area contributed by atoms with Crippen molar-refractivity contribution < 1.29 is 4.79 Å². The predicted molar refractivity (Wildman–Crippen MR) is 122 cm³/mol. The lowest BCUT2D eigenvalue weighted by Gasteiger charge is -2.13. The highest BCUT2D eigenvalue weighted by atomic mass is 35.5. The van der Waals surface area contributed by atoms with Gasteiger partial charge >= 0.3 is 0 Å². The number of halogens is 1. The van der Waals surface area contributed by atoms with Crippen LogP contribution in [0, 0.1) is 0 Å². The number of carbonyl (C=O) groups is 1. The van der Waals surface area contributed by atoms with Gasteiger partial charge in [-0.05, 0) is 31.8 Å². The number of fused-ring (bicyclic) bond motifs is 3. The topological polar surface area (TPSA) is 54.3 Å². The van der Waals surface area contributed by atoms with Crippen LogP contribution in [0.5, 0.6) is 0 Å². The zero-order valence-electron chi connectivity index (χ0n) is 17.8. The average Bonchev–Trinajstić information content (AvgIpc) is 2.98. The molecule has 2 aromatic heterocycles. The van der Waals surface area contributed by atoms with Gasteiger partial charge in [-0.15, -0.1) is 0 Å². The summed E-state index contributed by atoms with van der Waals surface area (Å²) in [6.45, 7) is 0.856. The van der Waals surface area contributed by atoms with Crippen molar-refractivity contribution in [3.05, 3.63) is 58.7 Å². The van der Waals surface area contributed by atoms with E-state index in [1.807, 2.05) is 56.0 Å². The number of hydrogen-bond donors (Lipinski definition) is 0. The van der Waals surface area contributed by atoms with Crippen molar-refractivity contribution >= 4 is 39.4 Å². The highest BCUT2D eigenvalue weighted by Crippen LogP contribution is 2.33. The zero-order chi connectivity index (χ0) is 21.6. The fourth-order valence-corrected chi connectivity index (χ4v) is 3.83. The number of carbonyl (C=O) groups excluding carboxylic acids is 1. The number of hydrogen-bond acceptors (Lipinski definition) is 4. The van der Waals surface area contributed by atoms with E-state index in [0.29, 0.717) is 22.2 Å². The van der Waals surface area contributed by atoms with Gasteiger partial charge in [0, 0.05) is 43.7 Å². The summed E-state index contributed by atoms with van der Waals surface area (Å²) in [6, 6.07) is 13.8. The third-order valence-electron chi connectivity index (χ3n) is 5.12. The van der Waals surface area contributed by atoms with E-state index in [2.05, 4.69) is 17.0 Å². The Labute approximate surface area is 180 Å². The van der Waals surface area contributed by atoms with Gasteiger partial charge in [-0.1, -0.05) is 41.9 Å². The van der Waals surface area contributed by atoms with Crippen molar-refractivity contribution in [2.75, 3.05) is 28.2 Å². The third kappa shape index (κ3) is 3.53. The number of amides is 1. The van der Waals surface area contributed by atoms with Gasteiger partial charge in [0.2, 0.25) is 0 Å². The molecule has 154 valence electrons. The van der Waals surface area contributed by atoms with E-state index in [1.165, 1.54) is 5.56 Å². The fourth-order valence-electron chi connectivity index (χ4n) is 3.67. The van der Waals surface area contributed by atoms with E-state index in [-0.39, 0.29) is 5.91 Å². The van der Waals surface area contributed by atoms with E-state index in [4.69, 9.17) is 21.6 Å². The normalized spacial score (nSPS) is 11.6. The molecule has 0 aliphatic carbocycles. The highest BCUT2D eigenvalue weighted by Gasteiger charge is 2.22. The molecule has 30 heavy (non-hydrogen) atoms. The molecule has 0 aliphatic heterocycles. The van der Waals surface area contributed by atoms with Gasteiger partial charge in [0.05, 0.1) is 10.9 Å². The molecule has 0 aliphatic rings. The van der Waals surface area contributed by atoms with Crippen LogP contribution in [0.15, 0.2) is 42.5 Å². The second-order valence-corrected chi connectivity index (χ2v) is 8.39. The Bertz CT molecular complexity index is 1260. The van der Waals surface area contributed by atoms with Gasteiger partial charge < -0.3 is 14.4 Å². The van der Waals surface area contributed by atoms with Gasteiger partial charge in [-0.2, -0.15) is 0 Å². The summed E-state index contributed by atoms with van der Waals surface area (Å²) in [5.74, 6) is 0.372. The van der Waals surface area contributed by atoms with E-state index >= 15 is 0 Å². The number of aromatic nitrogens is 3. The quantitative estimate of drug-likeness (QED) is 0.495. The molecule has 1 amide bonds. The first-order valence-corrected chi connectivity index (χ1v) is 10.1. The molecular weight excluding hydrogens is 398 g/mol. The molecule has 0 spiro atoms. The summed E-state index contributed by atoms with van der Waals surface area (Å²) in [5, 5.41) is 2.30. The van der Waals surface area contributed by atoms with Gasteiger partial charge in [0.15, 0.2) is 5.82 Å². The number of aryl methyl sites for hydroxylation is 1. The highest BCUT2D eigenvalue weighted by molar-refractivity contribution is 6.31. The molecule has 0 saturated carbocycles. The Morgan fingerprint density at radius 3 is 2.37 bits per heavy atom. The van der Waals surface area contributed by atoms with Crippen LogP contribution in [0.3, 0.4) is 0 Å². The van der Waals surface area contributed by atoms with Crippen LogP contribution >= 0.6 is 11.6 Å². The van der Waals surface area contributed by atoms with Crippen molar-refractivity contribution in [2.45, 2.75) is 6.54 Å². The second-order valence-electron chi connectivity index (χ2n) is 7.95. The molecule has 0 radical (unpaired) electrons. The standard InChI is InChI=1S/C23H24ClN5O/c1-27(2)13-14-6-8-15(9-7-14)21-25-20(23(30)28(3)4)19-17-11-10-16(24)12-18(17)29(5)22(19)26-21/h6-12H,13H2,1-5H3. The fraction of sp³-hybridized carbons (Fsp3) is 0.261. The van der Waals surface area contributed by atoms with Crippen LogP contribution in [0.2, 0.25) is 5.02 Å². The average molecular weight is 422 g/mol. The molecule has 0 atom stereocenters. The molecule has 0 saturated heterocycles. The van der Waals surface area contributed by atoms with Gasteiger partial charge in [0.1, 0.15) is 11.3 Å². The lowest BCUT2D eigenvalue weighted by atomic mass is 10.1. The molecule has 2 aromatic carbocycles. The van der Waals surface area contributed by atoms with Crippen LogP contribution in [0.25, 0.3) is 33.3 Å². The Morgan fingerprint density at radius 2 is 1.73 bits per heavy atom. The molecule has 0 N–H and O–H groups in total. The Kier molecular flexibility index (Phi) is 5.22. The maximum Gasteiger partial charge on any atom is 0.272 e. The molecule has 7 heteroatoms. The summed E-state index contributed by atoms with van der Waals surface area (Å²) in [6.07, 6.45) is 0. The monoisotopic (exact) mass is 421 g/mol.